The van der Waals surface area contributed by atoms with Crippen molar-refractivity contribution in [2.75, 3.05) is 4.72 Å². The first-order valence-electron chi connectivity index (χ1n) is 11.1. The SMILES string of the molecule is O=C(Cc1ccccc1)OC1C[C@H]2CC[C@@H](C1)N2S(=O)(=O)Nc1cc(C(F)(F)F)cc(C(F)(F)F)c1. The van der Waals surface area contributed by atoms with Gasteiger partial charge in [-0.2, -0.15) is 39.1 Å². The number of hydrogen-bond acceptors (Lipinski definition) is 4. The van der Waals surface area contributed by atoms with E-state index in [1.165, 1.54) is 0 Å². The number of nitrogens with zero attached hydrogens (tertiary/aromatic N) is 1. The van der Waals surface area contributed by atoms with Crippen LogP contribution in [0.1, 0.15) is 42.4 Å². The molecule has 0 radical (unpaired) electrons. The van der Waals surface area contributed by atoms with Gasteiger partial charge >= 0.3 is 28.5 Å². The number of halogens is 6. The van der Waals surface area contributed by atoms with E-state index in [1.807, 2.05) is 4.72 Å². The third-order valence-electron chi connectivity index (χ3n) is 6.22. The van der Waals surface area contributed by atoms with E-state index in [2.05, 4.69) is 0 Å². The number of esters is 1. The van der Waals surface area contributed by atoms with Crippen LogP contribution in [0.15, 0.2) is 48.5 Å². The minimum Gasteiger partial charge on any atom is -0.462 e. The largest absolute Gasteiger partial charge is 0.462 e. The molecule has 0 aromatic heterocycles. The van der Waals surface area contributed by atoms with Gasteiger partial charge < -0.3 is 4.74 Å². The Labute approximate surface area is 203 Å². The number of benzene rings is 2. The number of rotatable bonds is 6. The Morgan fingerprint density at radius 1 is 0.917 bits per heavy atom. The summed E-state index contributed by atoms with van der Waals surface area (Å²) >= 11 is 0. The van der Waals surface area contributed by atoms with Crippen molar-refractivity contribution in [1.82, 2.24) is 4.31 Å². The van der Waals surface area contributed by atoms with Gasteiger partial charge in [0.2, 0.25) is 0 Å². The average molecular weight is 536 g/mol. The zero-order chi connectivity index (χ0) is 26.3. The summed E-state index contributed by atoms with van der Waals surface area (Å²) in [6, 6.07) is 8.26. The first-order chi connectivity index (χ1) is 16.7. The molecule has 1 N–H and O–H groups in total. The molecule has 2 fully saturated rings. The molecule has 2 heterocycles. The normalized spacial score (nSPS) is 22.9. The Balaban J connectivity index is 1.48. The van der Waals surface area contributed by atoms with Crippen LogP contribution in [0, 0.1) is 0 Å². The van der Waals surface area contributed by atoms with Gasteiger partial charge in [0, 0.05) is 24.9 Å². The van der Waals surface area contributed by atoms with Crippen LogP contribution in [0.5, 0.6) is 0 Å². The van der Waals surface area contributed by atoms with Gasteiger partial charge in [-0.25, -0.2) is 0 Å². The summed E-state index contributed by atoms with van der Waals surface area (Å²) in [6.45, 7) is 0. The van der Waals surface area contributed by atoms with E-state index in [-0.39, 0.29) is 25.3 Å². The number of ether oxygens (including phenoxy) is 1. The maximum Gasteiger partial charge on any atom is 0.416 e. The lowest BCUT2D eigenvalue weighted by atomic mass is 10.0. The third-order valence-corrected chi connectivity index (χ3v) is 7.87. The van der Waals surface area contributed by atoms with Crippen LogP contribution < -0.4 is 4.72 Å². The lowest BCUT2D eigenvalue weighted by molar-refractivity contribution is -0.151. The molecule has 6 nitrogen and oxygen atoms in total. The van der Waals surface area contributed by atoms with E-state index < -0.39 is 63.5 Å². The number of nitrogens with one attached hydrogen (secondary N) is 1. The fourth-order valence-corrected chi connectivity index (χ4v) is 6.47. The summed E-state index contributed by atoms with van der Waals surface area (Å²) in [4.78, 5) is 12.3. The van der Waals surface area contributed by atoms with Crippen LogP contribution >= 0.6 is 0 Å². The van der Waals surface area contributed by atoms with E-state index in [0.717, 1.165) is 9.87 Å². The first kappa shape index (κ1) is 26.3. The van der Waals surface area contributed by atoms with Crippen molar-refractivity contribution >= 4 is 21.9 Å². The van der Waals surface area contributed by atoms with E-state index in [1.54, 1.807) is 30.3 Å². The van der Waals surface area contributed by atoms with Gasteiger partial charge in [0.1, 0.15) is 6.10 Å². The van der Waals surface area contributed by atoms with Crippen LogP contribution in [-0.2, 0) is 38.5 Å². The zero-order valence-corrected chi connectivity index (χ0v) is 19.5. The molecule has 2 bridgehead atoms. The Morgan fingerprint density at radius 3 is 1.94 bits per heavy atom. The van der Waals surface area contributed by atoms with E-state index >= 15 is 0 Å². The van der Waals surface area contributed by atoms with E-state index in [0.29, 0.717) is 25.0 Å². The van der Waals surface area contributed by atoms with Gasteiger partial charge in [-0.15, -0.1) is 0 Å². The number of fused-ring (bicyclic) bond motifs is 2. The second-order valence-electron chi connectivity index (χ2n) is 8.86. The molecular formula is C23H22F6N2O4S. The molecule has 4 rings (SSSR count). The fraction of sp³-hybridized carbons (Fsp3) is 0.435. The predicted molar refractivity (Wildman–Crippen MR) is 117 cm³/mol. The van der Waals surface area contributed by atoms with Gasteiger partial charge in [-0.05, 0) is 36.6 Å². The predicted octanol–water partition coefficient (Wildman–Crippen LogP) is 5.16. The monoisotopic (exact) mass is 536 g/mol. The lowest BCUT2D eigenvalue weighted by Gasteiger charge is -2.37. The topological polar surface area (TPSA) is 75.7 Å². The van der Waals surface area contributed by atoms with Crippen LogP contribution in [-0.4, -0.2) is 36.9 Å². The van der Waals surface area contributed by atoms with Gasteiger partial charge in [0.15, 0.2) is 0 Å². The number of carbonyl (C=O) groups is 1. The summed E-state index contributed by atoms with van der Waals surface area (Å²) in [7, 11) is -4.49. The summed E-state index contributed by atoms with van der Waals surface area (Å²) in [5.74, 6) is -0.469. The molecule has 2 saturated heterocycles. The molecule has 2 aromatic rings. The Kier molecular flexibility index (Phi) is 6.99. The van der Waals surface area contributed by atoms with Crippen molar-refractivity contribution in [3.63, 3.8) is 0 Å². The van der Waals surface area contributed by atoms with Crippen molar-refractivity contribution in [3.8, 4) is 0 Å². The molecule has 0 aliphatic carbocycles. The third kappa shape index (κ3) is 5.94. The molecule has 3 atom stereocenters. The molecule has 2 aliphatic heterocycles. The second kappa shape index (κ2) is 9.58. The molecule has 196 valence electrons. The number of hydrogen-bond donors (Lipinski definition) is 1. The molecule has 2 aromatic carbocycles. The van der Waals surface area contributed by atoms with Crippen LogP contribution in [0.3, 0.4) is 0 Å². The average Bonchev–Trinajstić information content (AvgIpc) is 3.05. The van der Waals surface area contributed by atoms with Crippen molar-refractivity contribution in [2.24, 2.45) is 0 Å². The Bertz CT molecular complexity index is 1170. The number of alkyl halides is 6. The molecular weight excluding hydrogens is 514 g/mol. The van der Waals surface area contributed by atoms with Gasteiger partial charge in [-0.1, -0.05) is 30.3 Å². The summed E-state index contributed by atoms with van der Waals surface area (Å²) < 4.78 is 113. The van der Waals surface area contributed by atoms with Crippen molar-refractivity contribution in [3.05, 3.63) is 65.2 Å². The van der Waals surface area contributed by atoms with Crippen molar-refractivity contribution in [2.45, 2.75) is 62.6 Å². The zero-order valence-electron chi connectivity index (χ0n) is 18.6. The maximum atomic E-state index is 13.1. The summed E-state index contributed by atoms with van der Waals surface area (Å²) in [6.07, 6.45) is -9.51. The van der Waals surface area contributed by atoms with Crippen LogP contribution in [0.25, 0.3) is 0 Å². The molecule has 0 saturated carbocycles. The molecule has 2 aliphatic rings. The molecule has 36 heavy (non-hydrogen) atoms. The minimum absolute atomic E-state index is 0.0489. The minimum atomic E-state index is -5.11. The van der Waals surface area contributed by atoms with Crippen molar-refractivity contribution < 1.29 is 44.3 Å². The van der Waals surface area contributed by atoms with Crippen LogP contribution in [0.4, 0.5) is 32.0 Å². The summed E-state index contributed by atoms with van der Waals surface area (Å²) in [5, 5.41) is 0. The standard InChI is InChI=1S/C23H22F6N2O4S/c24-22(25,26)15-9-16(23(27,28)29)11-17(10-15)30-36(33,34)31-18-6-7-19(31)13-20(12-18)35-21(32)8-14-4-2-1-3-5-14/h1-5,9-11,18-20,30H,6-8,12-13H2/t18-,19+,20?. The highest BCUT2D eigenvalue weighted by Gasteiger charge is 2.48. The molecule has 13 heteroatoms. The van der Waals surface area contributed by atoms with Gasteiger partial charge in [-0.3, -0.25) is 9.52 Å². The second-order valence-corrected chi connectivity index (χ2v) is 10.4. The molecule has 0 amide bonds. The number of carbonyl (C=O) groups excluding carboxylic acids is 1. The summed E-state index contributed by atoms with van der Waals surface area (Å²) in [5.41, 5.74) is -3.33. The highest BCUT2D eigenvalue weighted by molar-refractivity contribution is 7.90. The van der Waals surface area contributed by atoms with Gasteiger partial charge in [0.05, 0.1) is 23.2 Å². The Hall–Kier alpha value is -2.80. The van der Waals surface area contributed by atoms with E-state index in [9.17, 15) is 39.6 Å². The van der Waals surface area contributed by atoms with Gasteiger partial charge in [0.25, 0.3) is 0 Å². The first-order valence-corrected chi connectivity index (χ1v) is 12.5. The quantitative estimate of drug-likeness (QED) is 0.409. The Morgan fingerprint density at radius 2 is 1.44 bits per heavy atom. The highest BCUT2D eigenvalue weighted by atomic mass is 32.2. The van der Waals surface area contributed by atoms with Crippen LogP contribution in [0.2, 0.25) is 0 Å². The smallest absolute Gasteiger partial charge is 0.416 e. The maximum absolute atomic E-state index is 13.1. The van der Waals surface area contributed by atoms with Crippen molar-refractivity contribution in [1.29, 1.82) is 0 Å². The lowest BCUT2D eigenvalue weighted by Crippen LogP contribution is -2.50. The van der Waals surface area contributed by atoms with E-state index in [4.69, 9.17) is 4.74 Å². The molecule has 0 spiro atoms. The number of anilines is 1. The number of piperidine rings is 1. The molecule has 1 unspecified atom stereocenters. The fourth-order valence-electron chi connectivity index (χ4n) is 4.78. The highest BCUT2D eigenvalue weighted by Crippen LogP contribution is 2.41.